The third kappa shape index (κ3) is 4.19. The highest BCUT2D eigenvalue weighted by Crippen LogP contribution is 2.31. The van der Waals surface area contributed by atoms with Gasteiger partial charge in [0.05, 0.1) is 4.47 Å². The SMILES string of the molecule is CCCNc1nc(Cl)nc(Oc2ccc(Cl)cc2Br)n1. The predicted octanol–water partition coefficient (Wildman–Crippen LogP) is 4.56. The van der Waals surface area contributed by atoms with Crippen LogP contribution >= 0.6 is 39.1 Å². The van der Waals surface area contributed by atoms with Gasteiger partial charge in [-0.25, -0.2) is 0 Å². The molecule has 0 bridgehead atoms. The van der Waals surface area contributed by atoms with Crippen molar-refractivity contribution < 1.29 is 4.74 Å². The van der Waals surface area contributed by atoms with Gasteiger partial charge in [0, 0.05) is 11.6 Å². The molecule has 0 saturated carbocycles. The summed E-state index contributed by atoms with van der Waals surface area (Å²) in [6.07, 6.45) is 0.947. The van der Waals surface area contributed by atoms with Crippen LogP contribution in [0.2, 0.25) is 10.3 Å². The molecule has 20 heavy (non-hydrogen) atoms. The molecule has 0 fully saturated rings. The van der Waals surface area contributed by atoms with E-state index in [-0.39, 0.29) is 11.3 Å². The van der Waals surface area contributed by atoms with Gasteiger partial charge >= 0.3 is 6.01 Å². The van der Waals surface area contributed by atoms with Crippen molar-refractivity contribution in [3.8, 4) is 11.8 Å². The van der Waals surface area contributed by atoms with Gasteiger partial charge in [-0.05, 0) is 52.2 Å². The van der Waals surface area contributed by atoms with Gasteiger partial charge in [0.15, 0.2) is 0 Å². The van der Waals surface area contributed by atoms with Gasteiger partial charge in [-0.2, -0.15) is 15.0 Å². The van der Waals surface area contributed by atoms with Crippen LogP contribution in [0.4, 0.5) is 5.95 Å². The number of ether oxygens (including phenoxy) is 1. The van der Waals surface area contributed by atoms with Crippen LogP contribution in [-0.4, -0.2) is 21.5 Å². The Hall–Kier alpha value is -1.11. The Bertz CT molecular complexity index is 612. The van der Waals surface area contributed by atoms with Gasteiger partial charge in [-0.1, -0.05) is 18.5 Å². The highest BCUT2D eigenvalue weighted by Gasteiger charge is 2.09. The first-order chi connectivity index (χ1) is 9.58. The third-order valence-electron chi connectivity index (χ3n) is 2.22. The molecule has 0 aliphatic heterocycles. The van der Waals surface area contributed by atoms with E-state index in [0.717, 1.165) is 13.0 Å². The molecule has 5 nitrogen and oxygen atoms in total. The zero-order chi connectivity index (χ0) is 14.5. The highest BCUT2D eigenvalue weighted by atomic mass is 79.9. The van der Waals surface area contributed by atoms with Crippen molar-refractivity contribution in [3.63, 3.8) is 0 Å². The number of halogens is 3. The Labute approximate surface area is 134 Å². The minimum Gasteiger partial charge on any atom is -0.423 e. The lowest BCUT2D eigenvalue weighted by atomic mass is 10.3. The van der Waals surface area contributed by atoms with Crippen molar-refractivity contribution in [2.24, 2.45) is 0 Å². The van der Waals surface area contributed by atoms with Crippen LogP contribution in [0.25, 0.3) is 0 Å². The standard InChI is InChI=1S/C12H11BrCl2N4O/c1-2-5-16-11-17-10(15)18-12(19-11)20-9-4-3-7(14)6-8(9)13/h3-4,6H,2,5H2,1H3,(H,16,17,18,19). The molecule has 0 aliphatic rings. The van der Waals surface area contributed by atoms with E-state index in [0.29, 0.717) is 21.2 Å². The zero-order valence-corrected chi connectivity index (χ0v) is 13.6. The van der Waals surface area contributed by atoms with E-state index >= 15 is 0 Å². The lowest BCUT2D eigenvalue weighted by Gasteiger charge is -2.08. The summed E-state index contributed by atoms with van der Waals surface area (Å²) in [6, 6.07) is 5.26. The van der Waals surface area contributed by atoms with Gasteiger partial charge in [0.25, 0.3) is 0 Å². The molecule has 0 atom stereocenters. The number of nitrogens with zero attached hydrogens (tertiary/aromatic N) is 3. The number of hydrogen-bond acceptors (Lipinski definition) is 5. The second-order valence-electron chi connectivity index (χ2n) is 3.81. The highest BCUT2D eigenvalue weighted by molar-refractivity contribution is 9.10. The summed E-state index contributed by atoms with van der Waals surface area (Å²) in [5.74, 6) is 0.921. The Balaban J connectivity index is 2.21. The van der Waals surface area contributed by atoms with Crippen molar-refractivity contribution >= 4 is 45.1 Å². The summed E-state index contributed by atoms with van der Waals surface area (Å²) >= 11 is 15.1. The van der Waals surface area contributed by atoms with Crippen LogP contribution in [0.5, 0.6) is 11.8 Å². The van der Waals surface area contributed by atoms with E-state index in [1.165, 1.54) is 0 Å². The molecule has 106 valence electrons. The molecule has 0 unspecified atom stereocenters. The second-order valence-corrected chi connectivity index (χ2v) is 5.44. The first-order valence-electron chi connectivity index (χ1n) is 5.87. The molecule has 2 aromatic rings. The molecule has 1 aromatic heterocycles. The Kier molecular flexibility index (Phi) is 5.39. The van der Waals surface area contributed by atoms with Gasteiger partial charge < -0.3 is 10.1 Å². The number of rotatable bonds is 5. The van der Waals surface area contributed by atoms with Gasteiger partial charge in [0.2, 0.25) is 11.2 Å². The summed E-state index contributed by atoms with van der Waals surface area (Å²) in [7, 11) is 0. The van der Waals surface area contributed by atoms with Crippen LogP contribution in [0, 0.1) is 0 Å². The molecule has 2 rings (SSSR count). The zero-order valence-electron chi connectivity index (χ0n) is 10.5. The van der Waals surface area contributed by atoms with E-state index in [1.54, 1.807) is 18.2 Å². The van der Waals surface area contributed by atoms with Crippen molar-refractivity contribution in [1.82, 2.24) is 15.0 Å². The maximum absolute atomic E-state index is 5.87. The molecule has 1 aromatic carbocycles. The molecule has 0 aliphatic carbocycles. The summed E-state index contributed by atoms with van der Waals surface area (Å²) in [5.41, 5.74) is 0. The lowest BCUT2D eigenvalue weighted by molar-refractivity contribution is 0.438. The maximum atomic E-state index is 5.87. The molecule has 0 saturated heterocycles. The molecule has 1 N–H and O–H groups in total. The summed E-state index contributed by atoms with van der Waals surface area (Å²) in [5, 5.41) is 3.69. The minimum atomic E-state index is 0.0682. The number of hydrogen-bond donors (Lipinski definition) is 1. The Morgan fingerprint density at radius 1 is 1.25 bits per heavy atom. The Morgan fingerprint density at radius 2 is 2.05 bits per heavy atom. The summed E-state index contributed by atoms with van der Waals surface area (Å²) in [6.45, 7) is 2.78. The summed E-state index contributed by atoms with van der Waals surface area (Å²) < 4.78 is 6.27. The predicted molar refractivity (Wildman–Crippen MR) is 82.8 cm³/mol. The van der Waals surface area contributed by atoms with E-state index < -0.39 is 0 Å². The fraction of sp³-hybridized carbons (Fsp3) is 0.250. The van der Waals surface area contributed by atoms with Crippen molar-refractivity contribution in [3.05, 3.63) is 33.0 Å². The monoisotopic (exact) mass is 376 g/mol. The van der Waals surface area contributed by atoms with E-state index in [1.807, 2.05) is 6.92 Å². The van der Waals surface area contributed by atoms with Gasteiger partial charge in [-0.15, -0.1) is 0 Å². The largest absolute Gasteiger partial charge is 0.423 e. The molecule has 0 amide bonds. The average Bonchev–Trinajstić information content (AvgIpc) is 2.39. The van der Waals surface area contributed by atoms with Crippen LogP contribution in [0.3, 0.4) is 0 Å². The third-order valence-corrected chi connectivity index (χ3v) is 3.24. The lowest BCUT2D eigenvalue weighted by Crippen LogP contribution is -2.06. The normalized spacial score (nSPS) is 10.4. The first kappa shape index (κ1) is 15.3. The smallest absolute Gasteiger partial charge is 0.328 e. The van der Waals surface area contributed by atoms with Crippen LogP contribution < -0.4 is 10.1 Å². The number of benzene rings is 1. The molecule has 0 spiro atoms. The van der Waals surface area contributed by atoms with Gasteiger partial charge in [0.1, 0.15) is 5.75 Å². The molecular weight excluding hydrogens is 367 g/mol. The summed E-state index contributed by atoms with van der Waals surface area (Å²) in [4.78, 5) is 12.0. The number of nitrogens with one attached hydrogen (secondary N) is 1. The topological polar surface area (TPSA) is 59.9 Å². The quantitative estimate of drug-likeness (QED) is 0.827. The van der Waals surface area contributed by atoms with Crippen LogP contribution in [0.1, 0.15) is 13.3 Å². The fourth-order valence-corrected chi connectivity index (χ4v) is 2.27. The second kappa shape index (κ2) is 7.06. The number of aromatic nitrogens is 3. The fourth-order valence-electron chi connectivity index (χ4n) is 1.35. The van der Waals surface area contributed by atoms with Crippen molar-refractivity contribution in [1.29, 1.82) is 0 Å². The average molecular weight is 378 g/mol. The van der Waals surface area contributed by atoms with Crippen molar-refractivity contribution in [2.45, 2.75) is 13.3 Å². The molecular formula is C12H11BrCl2N4O. The van der Waals surface area contributed by atoms with Crippen molar-refractivity contribution in [2.75, 3.05) is 11.9 Å². The van der Waals surface area contributed by atoms with Crippen LogP contribution in [0.15, 0.2) is 22.7 Å². The molecule has 1 heterocycles. The van der Waals surface area contributed by atoms with E-state index in [2.05, 4.69) is 36.2 Å². The van der Waals surface area contributed by atoms with E-state index in [4.69, 9.17) is 27.9 Å². The van der Waals surface area contributed by atoms with E-state index in [9.17, 15) is 0 Å². The van der Waals surface area contributed by atoms with Crippen LogP contribution in [-0.2, 0) is 0 Å². The number of anilines is 1. The molecule has 8 heteroatoms. The minimum absolute atomic E-state index is 0.0682. The molecule has 0 radical (unpaired) electrons. The van der Waals surface area contributed by atoms with Gasteiger partial charge in [-0.3, -0.25) is 0 Å². The first-order valence-corrected chi connectivity index (χ1v) is 7.41. The maximum Gasteiger partial charge on any atom is 0.328 e. The Morgan fingerprint density at radius 3 is 2.75 bits per heavy atom.